The lowest BCUT2D eigenvalue weighted by atomic mass is 10.0. The minimum Gasteiger partial charge on any atom is -0.481 e. The lowest BCUT2D eigenvalue weighted by Crippen LogP contribution is -2.14. The third-order valence-corrected chi connectivity index (χ3v) is 4.14. The molecule has 2 heterocycles. The Balaban J connectivity index is 2.04. The van der Waals surface area contributed by atoms with Gasteiger partial charge in [0.25, 0.3) is 5.91 Å². The average Bonchev–Trinajstić information content (AvgIpc) is 3.19. The average molecular weight is 457 g/mol. The van der Waals surface area contributed by atoms with Crippen LogP contribution >= 0.6 is 0 Å². The molecular weight excluding hydrogens is 444 g/mol. The third-order valence-electron chi connectivity index (χ3n) is 4.14. The summed E-state index contributed by atoms with van der Waals surface area (Å²) in [6.45, 7) is 0. The molecule has 0 aliphatic carbocycles. The van der Waals surface area contributed by atoms with Gasteiger partial charge >= 0.3 is 12.4 Å². The summed E-state index contributed by atoms with van der Waals surface area (Å²) in [5.41, 5.74) is 2.03. The van der Waals surface area contributed by atoms with Crippen molar-refractivity contribution in [3.63, 3.8) is 0 Å². The topological polar surface area (TPSA) is 95.9 Å². The predicted octanol–water partition coefficient (Wildman–Crippen LogP) is 3.87. The molecule has 1 amide bonds. The zero-order valence-electron chi connectivity index (χ0n) is 16.1. The highest BCUT2D eigenvalue weighted by molar-refractivity contribution is 6.22. The highest BCUT2D eigenvalue weighted by atomic mass is 19.4. The summed E-state index contributed by atoms with van der Waals surface area (Å²) in [7, 11) is 1.39. The summed E-state index contributed by atoms with van der Waals surface area (Å²) in [4.78, 5) is 19.5. The minimum absolute atomic E-state index is 0.00225. The van der Waals surface area contributed by atoms with Crippen LogP contribution in [0.25, 0.3) is 23.2 Å². The van der Waals surface area contributed by atoms with Crippen molar-refractivity contribution in [2.45, 2.75) is 12.4 Å². The SMILES string of the molecule is COc1ccc(C(=Cn2cnc(-c3cc(C(F)(F)F)cc(C(F)(F)F)c3)n2)C(N)=O)cn1. The molecule has 13 heteroatoms. The summed E-state index contributed by atoms with van der Waals surface area (Å²) in [6, 6.07) is 3.94. The number of halogens is 6. The molecule has 0 fully saturated rings. The van der Waals surface area contributed by atoms with Crippen LogP contribution in [0.5, 0.6) is 5.88 Å². The number of hydrogen-bond donors (Lipinski definition) is 1. The number of carbonyl (C=O) groups excluding carboxylic acids is 1. The van der Waals surface area contributed by atoms with Crippen molar-refractivity contribution in [2.75, 3.05) is 7.11 Å². The monoisotopic (exact) mass is 457 g/mol. The summed E-state index contributed by atoms with van der Waals surface area (Å²) in [5, 5.41) is 3.85. The van der Waals surface area contributed by atoms with Gasteiger partial charge in [-0.1, -0.05) is 0 Å². The van der Waals surface area contributed by atoms with Crippen LogP contribution < -0.4 is 10.5 Å². The summed E-state index contributed by atoms with van der Waals surface area (Å²) < 4.78 is 84.3. The van der Waals surface area contributed by atoms with Crippen LogP contribution in [0.3, 0.4) is 0 Å². The Morgan fingerprint density at radius 1 is 1.03 bits per heavy atom. The van der Waals surface area contributed by atoms with E-state index < -0.39 is 40.8 Å². The zero-order valence-corrected chi connectivity index (χ0v) is 16.1. The largest absolute Gasteiger partial charge is 0.481 e. The second kappa shape index (κ2) is 8.32. The van der Waals surface area contributed by atoms with Crippen molar-refractivity contribution in [3.05, 3.63) is 59.5 Å². The Hall–Kier alpha value is -3.90. The zero-order chi connectivity index (χ0) is 23.7. The molecule has 3 rings (SSSR count). The van der Waals surface area contributed by atoms with E-state index in [2.05, 4.69) is 15.1 Å². The summed E-state index contributed by atoms with van der Waals surface area (Å²) in [5.74, 6) is -1.03. The number of methoxy groups -OCH3 is 1. The maximum atomic E-state index is 13.1. The number of ether oxygens (including phenoxy) is 1. The first-order valence-corrected chi connectivity index (χ1v) is 8.61. The molecule has 0 aliphatic rings. The quantitative estimate of drug-likeness (QED) is 0.464. The van der Waals surface area contributed by atoms with Gasteiger partial charge in [-0.05, 0) is 24.3 Å². The maximum absolute atomic E-state index is 13.1. The van der Waals surface area contributed by atoms with Gasteiger partial charge < -0.3 is 10.5 Å². The van der Waals surface area contributed by atoms with Gasteiger partial charge in [0.2, 0.25) is 5.88 Å². The van der Waals surface area contributed by atoms with E-state index in [1.54, 1.807) is 0 Å². The molecule has 0 radical (unpaired) electrons. The number of primary amides is 1. The van der Waals surface area contributed by atoms with E-state index >= 15 is 0 Å². The molecule has 7 nitrogen and oxygen atoms in total. The van der Waals surface area contributed by atoms with Gasteiger partial charge in [0.15, 0.2) is 5.82 Å². The van der Waals surface area contributed by atoms with Crippen molar-refractivity contribution in [2.24, 2.45) is 5.73 Å². The van der Waals surface area contributed by atoms with Crippen molar-refractivity contribution in [3.8, 4) is 17.3 Å². The Labute approximate surface area is 176 Å². The molecule has 0 aliphatic heterocycles. The highest BCUT2D eigenvalue weighted by Gasteiger charge is 2.37. The van der Waals surface area contributed by atoms with E-state index in [0.29, 0.717) is 12.1 Å². The fraction of sp³-hybridized carbons (Fsp3) is 0.158. The van der Waals surface area contributed by atoms with Crippen LogP contribution in [0.2, 0.25) is 0 Å². The highest BCUT2D eigenvalue weighted by Crippen LogP contribution is 2.38. The molecular formula is C19H13F6N5O2. The predicted molar refractivity (Wildman–Crippen MR) is 99.6 cm³/mol. The fourth-order valence-corrected chi connectivity index (χ4v) is 2.63. The second-order valence-corrected chi connectivity index (χ2v) is 6.34. The van der Waals surface area contributed by atoms with Gasteiger partial charge in [0, 0.05) is 29.6 Å². The number of nitrogens with two attached hydrogens (primary N) is 1. The molecule has 0 spiro atoms. The lowest BCUT2D eigenvalue weighted by molar-refractivity contribution is -0.143. The number of pyridine rings is 1. The van der Waals surface area contributed by atoms with E-state index in [0.717, 1.165) is 17.2 Å². The molecule has 0 atom stereocenters. The number of aromatic nitrogens is 4. The number of rotatable bonds is 5. The van der Waals surface area contributed by atoms with Crippen molar-refractivity contribution < 1.29 is 35.9 Å². The molecule has 2 aromatic heterocycles. The van der Waals surface area contributed by atoms with Crippen molar-refractivity contribution in [1.29, 1.82) is 0 Å². The lowest BCUT2D eigenvalue weighted by Gasteiger charge is -2.13. The minimum atomic E-state index is -5.01. The molecule has 32 heavy (non-hydrogen) atoms. The molecule has 0 saturated heterocycles. The second-order valence-electron chi connectivity index (χ2n) is 6.34. The van der Waals surface area contributed by atoms with Crippen LogP contribution in [-0.2, 0) is 17.1 Å². The van der Waals surface area contributed by atoms with E-state index in [9.17, 15) is 31.1 Å². The van der Waals surface area contributed by atoms with Gasteiger partial charge in [-0.25, -0.2) is 14.6 Å². The van der Waals surface area contributed by atoms with E-state index in [1.165, 1.54) is 25.4 Å². The molecule has 168 valence electrons. The van der Waals surface area contributed by atoms with Crippen molar-refractivity contribution in [1.82, 2.24) is 19.7 Å². The van der Waals surface area contributed by atoms with Crippen LogP contribution in [0.1, 0.15) is 16.7 Å². The molecule has 0 unspecified atom stereocenters. The molecule has 2 N–H and O–H groups in total. The first-order chi connectivity index (χ1) is 14.9. The van der Waals surface area contributed by atoms with Crippen LogP contribution in [0.4, 0.5) is 26.3 Å². The normalized spacial score (nSPS) is 12.7. The van der Waals surface area contributed by atoms with E-state index in [-0.39, 0.29) is 23.1 Å². The van der Waals surface area contributed by atoms with Gasteiger partial charge in [-0.15, -0.1) is 5.10 Å². The van der Waals surface area contributed by atoms with Gasteiger partial charge in [0.05, 0.1) is 23.8 Å². The number of carbonyl (C=O) groups is 1. The first kappa shape index (κ1) is 22.8. The van der Waals surface area contributed by atoms with Gasteiger partial charge in [-0.2, -0.15) is 26.3 Å². The number of alkyl halides is 6. The standard InChI is InChI=1S/C19H13F6N5O2/c1-32-15-3-2-10(7-27-15)14(16(26)31)8-30-9-28-17(29-30)11-4-12(18(20,21)22)6-13(5-11)19(23,24)25/h2-9H,1H3,(H2,26,31). The third kappa shape index (κ3) is 5.04. The Morgan fingerprint density at radius 3 is 2.12 bits per heavy atom. The Morgan fingerprint density at radius 2 is 1.66 bits per heavy atom. The first-order valence-electron chi connectivity index (χ1n) is 8.61. The Bertz CT molecular complexity index is 1130. The van der Waals surface area contributed by atoms with E-state index in [4.69, 9.17) is 10.5 Å². The van der Waals surface area contributed by atoms with Crippen molar-refractivity contribution >= 4 is 17.7 Å². The smallest absolute Gasteiger partial charge is 0.416 e. The van der Waals surface area contributed by atoms with Gasteiger partial charge in [-0.3, -0.25) is 4.79 Å². The van der Waals surface area contributed by atoms with Crippen LogP contribution in [0, 0.1) is 0 Å². The molecule has 3 aromatic rings. The number of hydrogen-bond acceptors (Lipinski definition) is 5. The molecule has 0 bridgehead atoms. The molecule has 1 aromatic carbocycles. The number of nitrogens with zero attached hydrogens (tertiary/aromatic N) is 4. The Kier molecular flexibility index (Phi) is 5.92. The molecule has 0 saturated carbocycles. The fourth-order valence-electron chi connectivity index (χ4n) is 2.63. The van der Waals surface area contributed by atoms with E-state index in [1.807, 2.05) is 0 Å². The van der Waals surface area contributed by atoms with Crippen LogP contribution in [-0.4, -0.2) is 32.8 Å². The van der Waals surface area contributed by atoms with Crippen LogP contribution in [0.15, 0.2) is 42.9 Å². The maximum Gasteiger partial charge on any atom is 0.416 e. The van der Waals surface area contributed by atoms with Gasteiger partial charge in [0.1, 0.15) is 6.33 Å². The summed E-state index contributed by atoms with van der Waals surface area (Å²) in [6.07, 6.45) is -6.63. The summed E-state index contributed by atoms with van der Waals surface area (Å²) >= 11 is 0. The number of benzene rings is 1. The number of amides is 1.